The highest BCUT2D eigenvalue weighted by atomic mass is 35.5. The molecule has 1 N–H and O–H groups in total. The third-order valence-electron chi connectivity index (χ3n) is 3.37. The second kappa shape index (κ2) is 7.69. The second-order valence-corrected chi connectivity index (χ2v) is 4.16. The van der Waals surface area contributed by atoms with Crippen molar-refractivity contribution in [2.24, 2.45) is 0 Å². The topological polar surface area (TPSA) is 24.5 Å². The third-order valence-corrected chi connectivity index (χ3v) is 3.37. The summed E-state index contributed by atoms with van der Waals surface area (Å²) in [7, 11) is 2.26. The summed E-state index contributed by atoms with van der Waals surface area (Å²) in [6.07, 6.45) is 3.82. The normalized spacial score (nSPS) is 27.2. The minimum absolute atomic E-state index is 0. The van der Waals surface area contributed by atoms with Gasteiger partial charge in [0, 0.05) is 18.7 Å². The van der Waals surface area contributed by atoms with E-state index < -0.39 is 0 Å². The maximum Gasteiger partial charge on any atom is 0.0622 e. The summed E-state index contributed by atoms with van der Waals surface area (Å²) < 4.78 is 5.41. The van der Waals surface area contributed by atoms with Crippen LogP contribution in [0.4, 0.5) is 0 Å². The first kappa shape index (κ1) is 15.5. The quantitative estimate of drug-likeness (QED) is 0.807. The van der Waals surface area contributed by atoms with Crippen molar-refractivity contribution in [2.45, 2.75) is 31.3 Å². The minimum Gasteiger partial charge on any atom is -0.380 e. The second-order valence-electron chi connectivity index (χ2n) is 4.16. The SMILES string of the molecule is CN(C1CCNCC1)C1CCOC1.Cl.Cl. The first-order valence-corrected chi connectivity index (χ1v) is 5.38. The lowest BCUT2D eigenvalue weighted by Crippen LogP contribution is -2.46. The van der Waals surface area contributed by atoms with Gasteiger partial charge in [-0.2, -0.15) is 0 Å². The maximum atomic E-state index is 5.41. The average molecular weight is 257 g/mol. The van der Waals surface area contributed by atoms with Gasteiger partial charge in [-0.05, 0) is 39.4 Å². The molecule has 1 atom stereocenters. The molecule has 0 aromatic rings. The molecule has 2 aliphatic heterocycles. The summed E-state index contributed by atoms with van der Waals surface area (Å²) in [4.78, 5) is 2.54. The van der Waals surface area contributed by atoms with E-state index in [1.54, 1.807) is 0 Å². The number of halogens is 2. The van der Waals surface area contributed by atoms with Gasteiger partial charge in [0.2, 0.25) is 0 Å². The van der Waals surface area contributed by atoms with Crippen LogP contribution in [-0.2, 0) is 4.74 Å². The molecular weight excluding hydrogens is 235 g/mol. The number of hydrogen-bond acceptors (Lipinski definition) is 3. The molecule has 0 aromatic carbocycles. The van der Waals surface area contributed by atoms with Gasteiger partial charge in [0.1, 0.15) is 0 Å². The van der Waals surface area contributed by atoms with Crippen LogP contribution in [-0.4, -0.2) is 50.3 Å². The highest BCUT2D eigenvalue weighted by Crippen LogP contribution is 2.18. The highest BCUT2D eigenvalue weighted by Gasteiger charge is 2.26. The van der Waals surface area contributed by atoms with Gasteiger partial charge in [-0.25, -0.2) is 0 Å². The Morgan fingerprint density at radius 2 is 1.73 bits per heavy atom. The lowest BCUT2D eigenvalue weighted by atomic mass is 10.0. The van der Waals surface area contributed by atoms with Crippen molar-refractivity contribution in [3.8, 4) is 0 Å². The Labute approximate surface area is 105 Å². The van der Waals surface area contributed by atoms with Crippen molar-refractivity contribution in [2.75, 3.05) is 33.4 Å². The Kier molecular flexibility index (Phi) is 7.92. The summed E-state index contributed by atoms with van der Waals surface area (Å²) in [5.74, 6) is 0. The van der Waals surface area contributed by atoms with Crippen molar-refractivity contribution < 1.29 is 4.74 Å². The molecule has 15 heavy (non-hydrogen) atoms. The standard InChI is InChI=1S/C10H20N2O.2ClH/c1-12(10-4-7-13-8-10)9-2-5-11-6-3-9;;/h9-11H,2-8H2,1H3;2*1H. The van der Waals surface area contributed by atoms with Crippen LogP contribution in [0.15, 0.2) is 0 Å². The van der Waals surface area contributed by atoms with Crippen LogP contribution in [0.5, 0.6) is 0 Å². The number of ether oxygens (including phenoxy) is 1. The zero-order valence-electron chi connectivity index (χ0n) is 9.28. The van der Waals surface area contributed by atoms with Crippen LogP contribution in [0, 0.1) is 0 Å². The smallest absolute Gasteiger partial charge is 0.0622 e. The van der Waals surface area contributed by atoms with Gasteiger partial charge >= 0.3 is 0 Å². The number of piperidine rings is 1. The maximum absolute atomic E-state index is 5.41. The fourth-order valence-electron chi connectivity index (χ4n) is 2.36. The lowest BCUT2D eigenvalue weighted by molar-refractivity contribution is 0.116. The third kappa shape index (κ3) is 4.08. The number of hydrogen-bond donors (Lipinski definition) is 1. The molecule has 5 heteroatoms. The summed E-state index contributed by atoms with van der Waals surface area (Å²) in [6, 6.07) is 1.47. The van der Waals surface area contributed by atoms with Gasteiger partial charge in [0.15, 0.2) is 0 Å². The molecule has 2 aliphatic rings. The van der Waals surface area contributed by atoms with E-state index in [1.165, 1.54) is 32.4 Å². The van der Waals surface area contributed by atoms with E-state index in [2.05, 4.69) is 17.3 Å². The monoisotopic (exact) mass is 256 g/mol. The molecule has 0 amide bonds. The number of nitrogens with one attached hydrogen (secondary N) is 1. The molecule has 0 bridgehead atoms. The summed E-state index contributed by atoms with van der Waals surface area (Å²) >= 11 is 0. The number of nitrogens with zero attached hydrogens (tertiary/aromatic N) is 1. The van der Waals surface area contributed by atoms with E-state index in [-0.39, 0.29) is 24.8 Å². The lowest BCUT2D eigenvalue weighted by Gasteiger charge is -2.35. The molecule has 2 fully saturated rings. The van der Waals surface area contributed by atoms with Crippen molar-refractivity contribution in [1.29, 1.82) is 0 Å². The molecule has 2 saturated heterocycles. The largest absolute Gasteiger partial charge is 0.380 e. The molecule has 2 heterocycles. The molecule has 0 spiro atoms. The first-order chi connectivity index (χ1) is 6.38. The summed E-state index contributed by atoms with van der Waals surface area (Å²) in [5.41, 5.74) is 0. The van der Waals surface area contributed by atoms with Gasteiger partial charge in [-0.3, -0.25) is 4.90 Å². The molecule has 0 aromatic heterocycles. The Balaban J connectivity index is 0.000000980. The molecule has 0 aliphatic carbocycles. The van der Waals surface area contributed by atoms with E-state index >= 15 is 0 Å². The van der Waals surface area contributed by atoms with Gasteiger partial charge in [0.05, 0.1) is 6.61 Å². The zero-order chi connectivity index (χ0) is 9.10. The van der Waals surface area contributed by atoms with E-state index in [0.717, 1.165) is 19.3 Å². The van der Waals surface area contributed by atoms with Gasteiger partial charge in [-0.15, -0.1) is 24.8 Å². The molecule has 3 nitrogen and oxygen atoms in total. The average Bonchev–Trinajstić information content (AvgIpc) is 2.71. The number of rotatable bonds is 2. The fourth-order valence-corrected chi connectivity index (χ4v) is 2.36. The summed E-state index contributed by atoms with van der Waals surface area (Å²) in [6.45, 7) is 4.27. The minimum atomic E-state index is 0. The predicted octanol–water partition coefficient (Wildman–Crippen LogP) is 1.30. The van der Waals surface area contributed by atoms with Crippen LogP contribution in [0.3, 0.4) is 0 Å². The van der Waals surface area contributed by atoms with Gasteiger partial charge in [-0.1, -0.05) is 0 Å². The Bertz CT molecular complexity index is 160. The molecule has 0 saturated carbocycles. The van der Waals surface area contributed by atoms with Crippen LogP contribution in [0.1, 0.15) is 19.3 Å². The van der Waals surface area contributed by atoms with E-state index in [4.69, 9.17) is 4.74 Å². The fraction of sp³-hybridized carbons (Fsp3) is 1.00. The first-order valence-electron chi connectivity index (χ1n) is 5.38. The molecule has 0 radical (unpaired) electrons. The van der Waals surface area contributed by atoms with Crippen LogP contribution in [0.25, 0.3) is 0 Å². The molecule has 92 valence electrons. The van der Waals surface area contributed by atoms with Crippen LogP contribution < -0.4 is 5.32 Å². The molecular formula is C10H22Cl2N2O. The molecule has 2 rings (SSSR count). The Morgan fingerprint density at radius 3 is 2.27 bits per heavy atom. The van der Waals surface area contributed by atoms with E-state index in [9.17, 15) is 0 Å². The van der Waals surface area contributed by atoms with E-state index in [1.807, 2.05) is 0 Å². The molecule has 1 unspecified atom stereocenters. The highest BCUT2D eigenvalue weighted by molar-refractivity contribution is 5.85. The van der Waals surface area contributed by atoms with E-state index in [0.29, 0.717) is 6.04 Å². The predicted molar refractivity (Wildman–Crippen MR) is 67.4 cm³/mol. The number of likely N-dealkylation sites (N-methyl/N-ethyl adjacent to an activating group) is 1. The van der Waals surface area contributed by atoms with Crippen molar-refractivity contribution in [3.05, 3.63) is 0 Å². The van der Waals surface area contributed by atoms with Crippen LogP contribution >= 0.6 is 24.8 Å². The van der Waals surface area contributed by atoms with Crippen molar-refractivity contribution >= 4 is 24.8 Å². The zero-order valence-corrected chi connectivity index (χ0v) is 10.9. The Morgan fingerprint density at radius 1 is 1.07 bits per heavy atom. The van der Waals surface area contributed by atoms with Crippen molar-refractivity contribution in [1.82, 2.24) is 10.2 Å². The van der Waals surface area contributed by atoms with Gasteiger partial charge < -0.3 is 10.1 Å². The Hall–Kier alpha value is 0.460. The van der Waals surface area contributed by atoms with Crippen molar-refractivity contribution in [3.63, 3.8) is 0 Å². The summed E-state index contributed by atoms with van der Waals surface area (Å²) in [5, 5.41) is 3.40. The van der Waals surface area contributed by atoms with Crippen LogP contribution in [0.2, 0.25) is 0 Å². The van der Waals surface area contributed by atoms with Gasteiger partial charge in [0.25, 0.3) is 0 Å².